The summed E-state index contributed by atoms with van der Waals surface area (Å²) in [6.45, 7) is 4.15. The number of furan rings is 1. The van der Waals surface area contributed by atoms with Crippen LogP contribution in [0.5, 0.6) is 0 Å². The van der Waals surface area contributed by atoms with Crippen molar-refractivity contribution in [1.29, 1.82) is 0 Å². The van der Waals surface area contributed by atoms with Crippen molar-refractivity contribution in [2.75, 3.05) is 0 Å². The van der Waals surface area contributed by atoms with Gasteiger partial charge in [0.25, 0.3) is 0 Å². The van der Waals surface area contributed by atoms with E-state index in [2.05, 4.69) is 42.7 Å². The molecule has 2 heterocycles. The molecule has 0 fully saturated rings. The maximum Gasteiger partial charge on any atom is 0.216 e. The second-order valence-corrected chi connectivity index (χ2v) is 9.83. The largest absolute Gasteiger partial charge is 0.454 e. The number of aryl methyl sites for hydroxylation is 3. The molecule has 5 aromatic carbocycles. The van der Waals surface area contributed by atoms with Crippen LogP contribution in [0.4, 0.5) is 4.39 Å². The van der Waals surface area contributed by atoms with E-state index in [1.807, 2.05) is 61.8 Å². The number of hydrogen-bond acceptors (Lipinski definition) is 1. The first-order chi connectivity index (χ1) is 18.4. The summed E-state index contributed by atoms with van der Waals surface area (Å²) in [5.74, 6) is -0.398. The Morgan fingerprint density at radius 1 is 0.730 bits per heavy atom. The molecule has 37 heavy (non-hydrogen) atoms. The first kappa shape index (κ1) is 20.7. The molecular formula is C34H25FNO+. The third-order valence-corrected chi connectivity index (χ3v) is 7.45. The molecule has 0 saturated carbocycles. The molecule has 0 aliphatic heterocycles. The normalized spacial score (nSPS) is 12.2. The van der Waals surface area contributed by atoms with Gasteiger partial charge in [-0.15, -0.1) is 0 Å². The highest BCUT2D eigenvalue weighted by Crippen LogP contribution is 2.44. The van der Waals surface area contributed by atoms with Crippen molar-refractivity contribution in [2.24, 2.45) is 7.05 Å². The van der Waals surface area contributed by atoms with Crippen LogP contribution >= 0.6 is 0 Å². The van der Waals surface area contributed by atoms with Crippen LogP contribution in [0, 0.1) is 19.7 Å². The van der Waals surface area contributed by atoms with Gasteiger partial charge in [0.15, 0.2) is 6.20 Å². The molecule has 0 radical (unpaired) electrons. The van der Waals surface area contributed by atoms with E-state index in [1.54, 1.807) is 6.07 Å². The lowest BCUT2D eigenvalue weighted by molar-refractivity contribution is -0.660. The van der Waals surface area contributed by atoms with Gasteiger partial charge in [-0.25, -0.2) is 8.96 Å². The van der Waals surface area contributed by atoms with Crippen LogP contribution in [0.3, 0.4) is 0 Å². The predicted octanol–water partition coefficient (Wildman–Crippen LogP) is 8.81. The predicted molar refractivity (Wildman–Crippen MR) is 150 cm³/mol. The average Bonchev–Trinajstić information content (AvgIpc) is 3.30. The zero-order valence-corrected chi connectivity index (χ0v) is 20.9. The molecule has 0 aliphatic rings. The van der Waals surface area contributed by atoms with Crippen LogP contribution in [0.25, 0.3) is 65.9 Å². The van der Waals surface area contributed by atoms with E-state index >= 15 is 4.39 Å². The lowest BCUT2D eigenvalue weighted by Gasteiger charge is -2.12. The summed E-state index contributed by atoms with van der Waals surface area (Å²) in [7, 11) is 2.02. The number of hydrogen-bond donors (Lipinski definition) is 0. The van der Waals surface area contributed by atoms with Gasteiger partial charge in [0.05, 0.1) is 12.5 Å². The van der Waals surface area contributed by atoms with Crippen LogP contribution < -0.4 is 4.57 Å². The Balaban J connectivity index is 1.65. The minimum Gasteiger partial charge on any atom is -0.454 e. The Bertz CT molecular complexity index is 2090. The SMILES string of the molecule is [2H]c1c(-c2c(F)ccc3c2oc2c(-c4cc(C)cc[n+]4C)c(C)ccc23)c2ccccc2c2ccccc12. The Hall–Kier alpha value is -4.50. The Morgan fingerprint density at radius 3 is 2.22 bits per heavy atom. The average molecular weight is 484 g/mol. The molecule has 0 spiro atoms. The molecule has 7 rings (SSSR count). The topological polar surface area (TPSA) is 17.0 Å². The Morgan fingerprint density at radius 2 is 1.41 bits per heavy atom. The molecule has 0 saturated heterocycles. The maximum atomic E-state index is 15.9. The van der Waals surface area contributed by atoms with E-state index in [4.69, 9.17) is 4.42 Å². The highest BCUT2D eigenvalue weighted by atomic mass is 19.1. The summed E-state index contributed by atoms with van der Waals surface area (Å²) in [5.41, 5.74) is 6.35. The fraction of sp³-hybridized carbons (Fsp3) is 0.0882. The summed E-state index contributed by atoms with van der Waals surface area (Å²) in [4.78, 5) is 0. The molecule has 2 nitrogen and oxygen atoms in total. The zero-order chi connectivity index (χ0) is 26.1. The lowest BCUT2D eigenvalue weighted by Crippen LogP contribution is -2.30. The van der Waals surface area contributed by atoms with Gasteiger partial charge in [0, 0.05) is 22.9 Å². The highest BCUT2D eigenvalue weighted by molar-refractivity contribution is 6.18. The van der Waals surface area contributed by atoms with Crippen molar-refractivity contribution in [2.45, 2.75) is 13.8 Å². The molecule has 0 bridgehead atoms. The molecule has 0 amide bonds. The number of nitrogens with zero attached hydrogens (tertiary/aromatic N) is 1. The van der Waals surface area contributed by atoms with Gasteiger partial charge < -0.3 is 4.42 Å². The van der Waals surface area contributed by atoms with Crippen molar-refractivity contribution >= 4 is 43.5 Å². The molecule has 7 aromatic rings. The summed E-state index contributed by atoms with van der Waals surface area (Å²) in [6.07, 6.45) is 2.05. The van der Waals surface area contributed by atoms with E-state index < -0.39 is 5.82 Å². The summed E-state index contributed by atoms with van der Waals surface area (Å²) in [6, 6.07) is 27.8. The first-order valence-electron chi connectivity index (χ1n) is 13.0. The molecule has 0 N–H and O–H groups in total. The first-order valence-corrected chi connectivity index (χ1v) is 12.5. The van der Waals surface area contributed by atoms with Gasteiger partial charge in [-0.1, -0.05) is 60.7 Å². The van der Waals surface area contributed by atoms with Gasteiger partial charge in [0.1, 0.15) is 24.0 Å². The van der Waals surface area contributed by atoms with Crippen molar-refractivity contribution in [1.82, 2.24) is 0 Å². The number of halogens is 1. The summed E-state index contributed by atoms with van der Waals surface area (Å²) >= 11 is 0. The Labute approximate surface area is 215 Å². The van der Waals surface area contributed by atoms with Crippen molar-refractivity contribution in [3.8, 4) is 22.4 Å². The van der Waals surface area contributed by atoms with E-state index in [0.717, 1.165) is 60.3 Å². The molecular weight excluding hydrogens is 457 g/mol. The van der Waals surface area contributed by atoms with Crippen molar-refractivity contribution < 1.29 is 14.7 Å². The van der Waals surface area contributed by atoms with Gasteiger partial charge in [-0.05, 0) is 70.3 Å². The minimum absolute atomic E-state index is 0.299. The monoisotopic (exact) mass is 483 g/mol. The van der Waals surface area contributed by atoms with E-state index in [0.29, 0.717) is 22.8 Å². The molecule has 178 valence electrons. The third-order valence-electron chi connectivity index (χ3n) is 7.45. The molecule has 0 aliphatic carbocycles. The summed E-state index contributed by atoms with van der Waals surface area (Å²) in [5, 5.41) is 5.37. The van der Waals surface area contributed by atoms with Crippen molar-refractivity contribution in [3.05, 3.63) is 114 Å². The molecule has 0 unspecified atom stereocenters. The van der Waals surface area contributed by atoms with Gasteiger partial charge >= 0.3 is 0 Å². The van der Waals surface area contributed by atoms with Crippen LogP contribution in [-0.2, 0) is 7.05 Å². The minimum atomic E-state index is -0.398. The van der Waals surface area contributed by atoms with Crippen molar-refractivity contribution in [3.63, 3.8) is 0 Å². The van der Waals surface area contributed by atoms with E-state index in [1.165, 1.54) is 6.07 Å². The summed E-state index contributed by atoms with van der Waals surface area (Å²) < 4.78 is 33.9. The fourth-order valence-corrected chi connectivity index (χ4v) is 5.62. The smallest absolute Gasteiger partial charge is 0.216 e. The lowest BCUT2D eigenvalue weighted by atomic mass is 9.92. The van der Waals surface area contributed by atoms with Crippen LogP contribution in [0.2, 0.25) is 0 Å². The second kappa shape index (κ2) is 8.01. The number of fused-ring (bicyclic) bond motifs is 6. The standard InChI is InChI=1S/C34H25FNO/c1-20-16-17-36(3)30(18-20)31-21(2)12-13-26-27-14-15-29(35)32(34(27)37-33(26)31)28-19-22-8-4-5-9-23(22)24-10-6-7-11-25(24)28/h4-19H,1-3H3/q+1/i19D. The van der Waals surface area contributed by atoms with Crippen LogP contribution in [0.15, 0.2) is 102 Å². The molecule has 2 aromatic heterocycles. The third kappa shape index (κ3) is 3.20. The van der Waals surface area contributed by atoms with E-state index in [-0.39, 0.29) is 0 Å². The molecule has 3 heteroatoms. The highest BCUT2D eigenvalue weighted by Gasteiger charge is 2.24. The second-order valence-electron chi connectivity index (χ2n) is 9.83. The van der Waals surface area contributed by atoms with Gasteiger partial charge in [0.2, 0.25) is 5.69 Å². The number of pyridine rings is 1. The van der Waals surface area contributed by atoms with Crippen LogP contribution in [-0.4, -0.2) is 0 Å². The number of benzene rings is 5. The van der Waals surface area contributed by atoms with Gasteiger partial charge in [-0.2, -0.15) is 0 Å². The maximum absolute atomic E-state index is 15.9. The van der Waals surface area contributed by atoms with Gasteiger partial charge in [-0.3, -0.25) is 0 Å². The fourth-order valence-electron chi connectivity index (χ4n) is 5.62. The zero-order valence-electron chi connectivity index (χ0n) is 21.9. The number of aromatic nitrogens is 1. The van der Waals surface area contributed by atoms with Crippen LogP contribution in [0.1, 0.15) is 12.5 Å². The quantitative estimate of drug-likeness (QED) is 0.177. The van der Waals surface area contributed by atoms with E-state index in [9.17, 15) is 1.37 Å². The number of rotatable bonds is 2. The Kier molecular flexibility index (Phi) is 4.47. The molecule has 0 atom stereocenters.